The minimum Gasteiger partial charge on any atom is -0.315 e. The molecule has 0 aromatic rings. The van der Waals surface area contributed by atoms with Gasteiger partial charge < -0.3 is 5.32 Å². The number of rotatable bonds is 8. The fraction of sp³-hybridized carbons (Fsp3) is 1.00. The molecule has 1 aliphatic carbocycles. The van der Waals surface area contributed by atoms with Gasteiger partial charge in [-0.2, -0.15) is 0 Å². The van der Waals surface area contributed by atoms with Gasteiger partial charge in [0, 0.05) is 12.3 Å². The molecular weight excluding hydrogens is 246 g/mol. The van der Waals surface area contributed by atoms with Gasteiger partial charge in [0.1, 0.15) is 0 Å². The van der Waals surface area contributed by atoms with Crippen molar-refractivity contribution in [2.75, 3.05) is 24.6 Å². The van der Waals surface area contributed by atoms with Gasteiger partial charge in [0.05, 0.1) is 5.75 Å². The van der Waals surface area contributed by atoms with E-state index in [1.54, 1.807) is 0 Å². The third kappa shape index (κ3) is 6.19. The minimum atomic E-state index is -2.81. The van der Waals surface area contributed by atoms with Crippen molar-refractivity contribution in [3.8, 4) is 0 Å². The quantitative estimate of drug-likeness (QED) is 0.693. The highest BCUT2D eigenvalue weighted by Gasteiger charge is 2.19. The molecule has 18 heavy (non-hydrogen) atoms. The van der Waals surface area contributed by atoms with Gasteiger partial charge in [-0.05, 0) is 37.6 Å². The van der Waals surface area contributed by atoms with Crippen LogP contribution in [0, 0.1) is 11.8 Å². The molecule has 0 aromatic carbocycles. The zero-order chi connectivity index (χ0) is 13.4. The summed E-state index contributed by atoms with van der Waals surface area (Å²) in [6, 6.07) is 0. The number of hydrogen-bond acceptors (Lipinski definition) is 3. The van der Waals surface area contributed by atoms with Crippen molar-refractivity contribution in [3.63, 3.8) is 0 Å². The fourth-order valence-corrected chi connectivity index (χ4v) is 4.07. The molecule has 0 unspecified atom stereocenters. The Hall–Kier alpha value is -0.0900. The van der Waals surface area contributed by atoms with Crippen LogP contribution in [0.2, 0.25) is 0 Å². The predicted molar refractivity (Wildman–Crippen MR) is 77.6 cm³/mol. The summed E-state index contributed by atoms with van der Waals surface area (Å²) in [5, 5.41) is 3.32. The number of sulfone groups is 1. The molecule has 0 aliphatic heterocycles. The van der Waals surface area contributed by atoms with Crippen LogP contribution in [-0.4, -0.2) is 33.0 Å². The molecule has 108 valence electrons. The molecule has 0 heterocycles. The van der Waals surface area contributed by atoms with E-state index in [1.165, 1.54) is 32.1 Å². The molecule has 0 atom stereocenters. The third-order valence-corrected chi connectivity index (χ3v) is 5.94. The Morgan fingerprint density at radius 1 is 1.00 bits per heavy atom. The summed E-state index contributed by atoms with van der Waals surface area (Å²) in [6.07, 6.45) is 7.38. The Morgan fingerprint density at radius 3 is 2.17 bits per heavy atom. The third-order valence-electron chi connectivity index (χ3n) is 4.08. The van der Waals surface area contributed by atoms with Gasteiger partial charge in [-0.1, -0.05) is 33.1 Å². The van der Waals surface area contributed by atoms with Gasteiger partial charge in [-0.25, -0.2) is 8.42 Å². The van der Waals surface area contributed by atoms with Crippen LogP contribution < -0.4 is 5.32 Å². The first-order chi connectivity index (χ1) is 8.57. The smallest absolute Gasteiger partial charge is 0.151 e. The van der Waals surface area contributed by atoms with Gasteiger partial charge in [0.2, 0.25) is 0 Å². The average molecular weight is 275 g/mol. The summed E-state index contributed by atoms with van der Waals surface area (Å²) in [5.74, 6) is 2.33. The van der Waals surface area contributed by atoms with Gasteiger partial charge in [0.15, 0.2) is 9.84 Å². The van der Waals surface area contributed by atoms with Crippen molar-refractivity contribution in [1.82, 2.24) is 5.32 Å². The molecule has 1 rings (SSSR count). The van der Waals surface area contributed by atoms with Gasteiger partial charge in [-0.15, -0.1) is 0 Å². The van der Waals surface area contributed by atoms with Crippen molar-refractivity contribution < 1.29 is 8.42 Å². The first-order valence-corrected chi connectivity index (χ1v) is 9.30. The van der Waals surface area contributed by atoms with E-state index < -0.39 is 9.84 Å². The summed E-state index contributed by atoms with van der Waals surface area (Å²) in [7, 11) is -2.81. The van der Waals surface area contributed by atoms with E-state index in [4.69, 9.17) is 0 Å². The molecule has 4 heteroatoms. The van der Waals surface area contributed by atoms with Crippen LogP contribution in [0.4, 0.5) is 0 Å². The molecule has 0 aromatic heterocycles. The van der Waals surface area contributed by atoms with Crippen molar-refractivity contribution in [2.24, 2.45) is 11.8 Å². The largest absolute Gasteiger partial charge is 0.315 e. The van der Waals surface area contributed by atoms with Crippen LogP contribution in [0.25, 0.3) is 0 Å². The van der Waals surface area contributed by atoms with Crippen LogP contribution in [0.15, 0.2) is 0 Å². The highest BCUT2D eigenvalue weighted by molar-refractivity contribution is 7.91. The topological polar surface area (TPSA) is 46.2 Å². The second kappa shape index (κ2) is 8.16. The lowest BCUT2D eigenvalue weighted by molar-refractivity contribution is 0.264. The fourth-order valence-electron chi connectivity index (χ4n) is 2.79. The molecule has 0 amide bonds. The maximum Gasteiger partial charge on any atom is 0.151 e. The van der Waals surface area contributed by atoms with Gasteiger partial charge in [0.25, 0.3) is 0 Å². The number of nitrogens with one attached hydrogen (secondary N) is 1. The van der Waals surface area contributed by atoms with Crippen LogP contribution in [0.1, 0.15) is 52.4 Å². The monoisotopic (exact) mass is 275 g/mol. The summed E-state index contributed by atoms with van der Waals surface area (Å²) in [4.78, 5) is 0. The summed E-state index contributed by atoms with van der Waals surface area (Å²) in [5.41, 5.74) is 0. The lowest BCUT2D eigenvalue weighted by Gasteiger charge is -2.27. The minimum absolute atomic E-state index is 0.297. The Kier molecular flexibility index (Phi) is 7.23. The van der Waals surface area contributed by atoms with Crippen LogP contribution >= 0.6 is 0 Å². The van der Waals surface area contributed by atoms with Crippen molar-refractivity contribution in [1.29, 1.82) is 0 Å². The van der Waals surface area contributed by atoms with E-state index in [1.807, 2.05) is 6.92 Å². The molecule has 3 nitrogen and oxygen atoms in total. The molecule has 0 spiro atoms. The highest BCUT2D eigenvalue weighted by atomic mass is 32.2. The van der Waals surface area contributed by atoms with E-state index >= 15 is 0 Å². The van der Waals surface area contributed by atoms with E-state index in [2.05, 4.69) is 12.2 Å². The predicted octanol–water partition coefficient (Wildman–Crippen LogP) is 2.62. The van der Waals surface area contributed by atoms with E-state index in [9.17, 15) is 8.42 Å². The second-order valence-corrected chi connectivity index (χ2v) is 7.95. The molecule has 0 radical (unpaired) electrons. The van der Waals surface area contributed by atoms with Crippen molar-refractivity contribution in [2.45, 2.75) is 52.4 Å². The average Bonchev–Trinajstić information content (AvgIpc) is 2.35. The van der Waals surface area contributed by atoms with E-state index in [0.717, 1.165) is 24.8 Å². The summed E-state index contributed by atoms with van der Waals surface area (Å²) in [6.45, 7) is 5.81. The van der Waals surface area contributed by atoms with Crippen molar-refractivity contribution in [3.05, 3.63) is 0 Å². The van der Waals surface area contributed by atoms with Gasteiger partial charge in [-0.3, -0.25) is 0 Å². The summed E-state index contributed by atoms with van der Waals surface area (Å²) < 4.78 is 23.0. The van der Waals surface area contributed by atoms with Crippen LogP contribution in [0.5, 0.6) is 0 Å². The summed E-state index contributed by atoms with van der Waals surface area (Å²) >= 11 is 0. The molecule has 0 bridgehead atoms. The van der Waals surface area contributed by atoms with Crippen LogP contribution in [-0.2, 0) is 9.84 Å². The Labute approximate surface area is 113 Å². The lowest BCUT2D eigenvalue weighted by Crippen LogP contribution is -2.30. The zero-order valence-corrected chi connectivity index (χ0v) is 12.8. The van der Waals surface area contributed by atoms with Crippen molar-refractivity contribution >= 4 is 9.84 Å². The molecule has 0 saturated heterocycles. The first kappa shape index (κ1) is 16.0. The maximum absolute atomic E-state index is 11.5. The molecule has 1 fully saturated rings. The Balaban J connectivity index is 2.08. The maximum atomic E-state index is 11.5. The highest BCUT2D eigenvalue weighted by Crippen LogP contribution is 2.29. The van der Waals surface area contributed by atoms with E-state index in [0.29, 0.717) is 18.1 Å². The molecule has 1 saturated carbocycles. The van der Waals surface area contributed by atoms with Crippen LogP contribution in [0.3, 0.4) is 0 Å². The lowest BCUT2D eigenvalue weighted by atomic mass is 9.81. The first-order valence-electron chi connectivity index (χ1n) is 7.48. The second-order valence-electron chi connectivity index (χ2n) is 5.65. The normalized spacial score (nSPS) is 25.2. The zero-order valence-electron chi connectivity index (χ0n) is 12.0. The Bertz CT molecular complexity index is 306. The molecular formula is C14H29NO2S. The molecule has 1 N–H and O–H groups in total. The van der Waals surface area contributed by atoms with E-state index in [-0.39, 0.29) is 0 Å². The Morgan fingerprint density at radius 2 is 1.61 bits per heavy atom. The SMILES string of the molecule is CCCS(=O)(=O)CCNCC1CCC(CC)CC1. The van der Waals surface area contributed by atoms with Gasteiger partial charge >= 0.3 is 0 Å². The standard InChI is InChI=1S/C14H29NO2S/c1-3-10-18(16,17)11-9-15-12-14-7-5-13(4-2)6-8-14/h13-15H,3-12H2,1-2H3. The number of hydrogen-bond donors (Lipinski definition) is 1. The molecule has 1 aliphatic rings.